The van der Waals surface area contributed by atoms with Gasteiger partial charge in [-0.2, -0.15) is 0 Å². The molecule has 0 spiro atoms. The number of phosphoric ester groups is 1. The van der Waals surface area contributed by atoms with Gasteiger partial charge < -0.3 is 37.8 Å². The topological polar surface area (TPSA) is 109 Å². The maximum Gasteiger partial charge on any atom is 1.00 e. The van der Waals surface area contributed by atoms with Crippen LogP contribution in [-0.4, -0.2) is 28.4 Å². The molecule has 2 unspecified atom stereocenters. The van der Waals surface area contributed by atoms with E-state index in [4.69, 9.17) is 18.9 Å². The monoisotopic (exact) mass is 454 g/mol. The molecule has 2 atom stereocenters. The van der Waals surface area contributed by atoms with Crippen LogP contribution < -0.4 is 92.4 Å². The van der Waals surface area contributed by atoms with E-state index in [0.717, 1.165) is 17.5 Å². The molecule has 0 aliphatic heterocycles. The van der Waals surface area contributed by atoms with Crippen LogP contribution in [0.5, 0.6) is 28.7 Å². The minimum atomic E-state index is -5.19. The molecule has 3 rings (SSSR count). The zero-order valence-electron chi connectivity index (χ0n) is 18.0. The number of rotatable bonds is 8. The number of phosphoric acid groups is 1. The van der Waals surface area contributed by atoms with Gasteiger partial charge in [0.05, 0.1) is 28.4 Å². The van der Waals surface area contributed by atoms with Crippen molar-refractivity contribution in [3.8, 4) is 28.7 Å². The molecule has 152 valence electrons. The summed E-state index contributed by atoms with van der Waals surface area (Å²) in [4.78, 5) is 22.0. The molecule has 0 aromatic heterocycles. The fourth-order valence-corrected chi connectivity index (χ4v) is 3.75. The molecule has 11 heteroatoms. The Morgan fingerprint density at radius 1 is 0.767 bits per heavy atom. The summed E-state index contributed by atoms with van der Waals surface area (Å²) < 4.78 is 36.8. The second-order valence-corrected chi connectivity index (χ2v) is 7.43. The van der Waals surface area contributed by atoms with Gasteiger partial charge in [-0.15, -0.1) is 0 Å². The number of ether oxygens (including phenoxy) is 4. The van der Waals surface area contributed by atoms with Crippen molar-refractivity contribution in [2.45, 2.75) is 18.3 Å². The molecule has 1 aliphatic carbocycles. The zero-order valence-corrected chi connectivity index (χ0v) is 22.9. The van der Waals surface area contributed by atoms with Crippen LogP contribution in [0.25, 0.3) is 0 Å². The minimum Gasteiger partial charge on any atom is -0.780 e. The average molecular weight is 454 g/mol. The fourth-order valence-electron chi connectivity index (χ4n) is 3.36. The van der Waals surface area contributed by atoms with Crippen molar-refractivity contribution in [2.24, 2.45) is 0 Å². The van der Waals surface area contributed by atoms with Gasteiger partial charge in [0.25, 0.3) is 0 Å². The number of hydrogen-bond acceptors (Lipinski definition) is 8. The third-order valence-corrected chi connectivity index (χ3v) is 5.15. The van der Waals surface area contributed by atoms with E-state index in [-0.39, 0.29) is 82.4 Å². The molecule has 0 N–H and O–H groups in total. The Morgan fingerprint density at radius 2 is 1.27 bits per heavy atom. The molecule has 0 amide bonds. The van der Waals surface area contributed by atoms with Crippen LogP contribution in [-0.2, 0) is 4.57 Å². The van der Waals surface area contributed by atoms with Gasteiger partial charge in [-0.3, -0.25) is 0 Å². The number of methoxy groups -OCH3 is 4. The normalized spacial score (nSPS) is 17.1. The summed E-state index contributed by atoms with van der Waals surface area (Å²) in [5.41, 5.74) is 1.86. The van der Waals surface area contributed by atoms with E-state index in [9.17, 15) is 14.4 Å². The smallest absolute Gasteiger partial charge is 0.780 e. The Labute approximate surface area is 220 Å². The third-order valence-electron chi connectivity index (χ3n) is 4.73. The van der Waals surface area contributed by atoms with Gasteiger partial charge in [0, 0.05) is 0 Å². The molecule has 2 aromatic carbocycles. The molecule has 0 bridgehead atoms. The summed E-state index contributed by atoms with van der Waals surface area (Å²) in [6, 6.07) is 8.75. The Morgan fingerprint density at radius 3 is 1.73 bits per heavy atom. The van der Waals surface area contributed by atoms with Crippen molar-refractivity contribution >= 4 is 7.82 Å². The SMILES string of the molecule is COc1ccc(C2CC2c2cc(OC)c(OC)c(OC)c2)cc1OP(=O)([O-])[O-].[Na+].[Na+]. The van der Waals surface area contributed by atoms with Crippen molar-refractivity contribution < 1.29 is 96.9 Å². The van der Waals surface area contributed by atoms with Gasteiger partial charge in [-0.25, -0.2) is 0 Å². The molecule has 0 radical (unpaired) electrons. The van der Waals surface area contributed by atoms with Crippen molar-refractivity contribution in [1.29, 1.82) is 0 Å². The predicted molar refractivity (Wildman–Crippen MR) is 97.4 cm³/mol. The van der Waals surface area contributed by atoms with Crippen LogP contribution in [0.3, 0.4) is 0 Å². The van der Waals surface area contributed by atoms with E-state index in [2.05, 4.69) is 4.52 Å². The number of benzene rings is 2. The van der Waals surface area contributed by atoms with E-state index in [1.165, 1.54) is 13.2 Å². The van der Waals surface area contributed by atoms with Gasteiger partial charge in [-0.1, -0.05) is 6.07 Å². The van der Waals surface area contributed by atoms with E-state index in [1.54, 1.807) is 27.4 Å². The third kappa shape index (κ3) is 6.31. The van der Waals surface area contributed by atoms with Crippen molar-refractivity contribution in [1.82, 2.24) is 0 Å². The first-order valence-corrected chi connectivity index (χ1v) is 9.96. The summed E-state index contributed by atoms with van der Waals surface area (Å²) in [7, 11) is 0.847. The van der Waals surface area contributed by atoms with Crippen LogP contribution in [0.4, 0.5) is 0 Å². The Hall–Kier alpha value is -0.410. The second kappa shape index (κ2) is 11.5. The Bertz CT molecular complexity index is 892. The first-order valence-electron chi connectivity index (χ1n) is 8.50. The van der Waals surface area contributed by atoms with Crippen LogP contribution in [0.2, 0.25) is 0 Å². The first kappa shape index (κ1) is 27.6. The van der Waals surface area contributed by atoms with Crippen molar-refractivity contribution in [2.75, 3.05) is 28.4 Å². The zero-order chi connectivity index (χ0) is 20.5. The summed E-state index contributed by atoms with van der Waals surface area (Å²) in [6.07, 6.45) is 0.844. The molecule has 8 nitrogen and oxygen atoms in total. The van der Waals surface area contributed by atoms with Crippen LogP contribution in [0, 0.1) is 0 Å². The van der Waals surface area contributed by atoms with Crippen LogP contribution in [0.1, 0.15) is 29.4 Å². The molecular weight excluding hydrogens is 433 g/mol. The van der Waals surface area contributed by atoms with Gasteiger partial charge in [0.15, 0.2) is 23.0 Å². The predicted octanol–water partition coefficient (Wildman–Crippen LogP) is -3.79. The average Bonchev–Trinajstić information content (AvgIpc) is 3.46. The Balaban J connectivity index is 0.00000225. The van der Waals surface area contributed by atoms with Gasteiger partial charge in [0.2, 0.25) is 5.75 Å². The quantitative estimate of drug-likeness (QED) is 0.295. The molecule has 0 saturated heterocycles. The standard InChI is InChI=1S/C19H23O8P.2Na/c1-23-15-6-5-11(7-16(15)27-28(20,21)22)13-10-14(13)12-8-17(24-2)19(26-4)18(9-12)25-3;;/h5-9,13-14H,10H2,1-4H3,(H2,20,21,22);;/q;2*+1/p-2. The van der Waals surface area contributed by atoms with E-state index in [0.29, 0.717) is 17.2 Å². The largest absolute Gasteiger partial charge is 1.00 e. The van der Waals surface area contributed by atoms with Gasteiger partial charge in [0.1, 0.15) is 7.82 Å². The second-order valence-electron chi connectivity index (χ2n) is 6.36. The Kier molecular flexibility index (Phi) is 10.5. The minimum absolute atomic E-state index is 0. The molecule has 0 heterocycles. The van der Waals surface area contributed by atoms with Gasteiger partial charge >= 0.3 is 59.1 Å². The summed E-state index contributed by atoms with van der Waals surface area (Å²) in [5.74, 6) is 2.05. The van der Waals surface area contributed by atoms with Crippen molar-refractivity contribution in [3.63, 3.8) is 0 Å². The van der Waals surface area contributed by atoms with E-state index >= 15 is 0 Å². The van der Waals surface area contributed by atoms with Crippen molar-refractivity contribution in [3.05, 3.63) is 41.5 Å². The summed E-state index contributed by atoms with van der Waals surface area (Å²) in [5, 5.41) is 0. The molecule has 1 saturated carbocycles. The van der Waals surface area contributed by atoms with Crippen LogP contribution in [0.15, 0.2) is 30.3 Å². The summed E-state index contributed by atoms with van der Waals surface area (Å²) in [6.45, 7) is 0. The molecule has 2 aromatic rings. The van der Waals surface area contributed by atoms with E-state index < -0.39 is 7.82 Å². The maximum atomic E-state index is 11.0. The molecular formula is C19H21Na2O8P. The summed E-state index contributed by atoms with van der Waals surface area (Å²) >= 11 is 0. The molecule has 1 aliphatic rings. The van der Waals surface area contributed by atoms with Crippen LogP contribution >= 0.6 is 7.82 Å². The first-order chi connectivity index (χ1) is 13.3. The van der Waals surface area contributed by atoms with E-state index in [1.807, 2.05) is 18.2 Å². The molecule has 1 fully saturated rings. The maximum absolute atomic E-state index is 11.0. The fraction of sp³-hybridized carbons (Fsp3) is 0.368. The molecule has 30 heavy (non-hydrogen) atoms. The number of hydrogen-bond donors (Lipinski definition) is 0. The van der Waals surface area contributed by atoms with Gasteiger partial charge in [-0.05, 0) is 53.6 Å².